The van der Waals surface area contributed by atoms with Gasteiger partial charge in [-0.1, -0.05) is 6.42 Å². The van der Waals surface area contributed by atoms with Gasteiger partial charge in [0, 0.05) is 31.3 Å². The van der Waals surface area contributed by atoms with Crippen molar-refractivity contribution in [3.05, 3.63) is 0 Å². The number of likely N-dealkylation sites (tertiary alicyclic amines) is 1. The van der Waals surface area contributed by atoms with Gasteiger partial charge in [-0.25, -0.2) is 4.79 Å². The standard InChI is InChI=1S/C17H33N3O2/c1-13(6-5-11-21)18-17(22)19-14(2)15-7-4-10-20(12-15)16-8-3-9-16/h13-16,21H,3-12H2,1-2H3,(H2,18,19,22). The molecule has 1 heterocycles. The molecule has 3 unspecified atom stereocenters. The van der Waals surface area contributed by atoms with Crippen molar-refractivity contribution < 1.29 is 9.90 Å². The minimum atomic E-state index is -0.0706. The third-order valence-corrected chi connectivity index (χ3v) is 5.32. The molecule has 0 radical (unpaired) electrons. The van der Waals surface area contributed by atoms with Gasteiger partial charge in [-0.2, -0.15) is 0 Å². The second-order valence-corrected chi connectivity index (χ2v) is 7.16. The van der Waals surface area contributed by atoms with Crippen molar-refractivity contribution in [2.45, 2.75) is 76.9 Å². The van der Waals surface area contributed by atoms with Crippen LogP contribution in [0.5, 0.6) is 0 Å². The summed E-state index contributed by atoms with van der Waals surface area (Å²) >= 11 is 0. The summed E-state index contributed by atoms with van der Waals surface area (Å²) in [6, 6.07) is 1.06. The van der Waals surface area contributed by atoms with Crippen LogP contribution in [0.2, 0.25) is 0 Å². The fourth-order valence-electron chi connectivity index (χ4n) is 3.59. The maximum absolute atomic E-state index is 12.1. The number of carbonyl (C=O) groups is 1. The Labute approximate surface area is 134 Å². The van der Waals surface area contributed by atoms with Crippen LogP contribution in [0.25, 0.3) is 0 Å². The fourth-order valence-corrected chi connectivity index (χ4v) is 3.59. The van der Waals surface area contributed by atoms with Crippen LogP contribution in [-0.2, 0) is 0 Å². The lowest BCUT2D eigenvalue weighted by atomic mass is 9.86. The Hall–Kier alpha value is -0.810. The molecule has 1 saturated carbocycles. The number of nitrogens with one attached hydrogen (secondary N) is 2. The van der Waals surface area contributed by atoms with Gasteiger partial charge in [0.2, 0.25) is 0 Å². The first-order valence-corrected chi connectivity index (χ1v) is 9.02. The van der Waals surface area contributed by atoms with E-state index >= 15 is 0 Å². The van der Waals surface area contributed by atoms with Crippen LogP contribution in [0.3, 0.4) is 0 Å². The molecule has 0 aromatic carbocycles. The van der Waals surface area contributed by atoms with Crippen LogP contribution >= 0.6 is 0 Å². The van der Waals surface area contributed by atoms with E-state index in [0.29, 0.717) is 5.92 Å². The molecule has 0 spiro atoms. The summed E-state index contributed by atoms with van der Waals surface area (Å²) in [5.74, 6) is 0.563. The molecule has 2 fully saturated rings. The first kappa shape index (κ1) is 17.5. The lowest BCUT2D eigenvalue weighted by Gasteiger charge is -2.43. The number of nitrogens with zero attached hydrogens (tertiary/aromatic N) is 1. The molecule has 2 rings (SSSR count). The third-order valence-electron chi connectivity index (χ3n) is 5.32. The molecular formula is C17H33N3O2. The Morgan fingerprint density at radius 3 is 2.64 bits per heavy atom. The maximum atomic E-state index is 12.1. The molecule has 0 bridgehead atoms. The lowest BCUT2D eigenvalue weighted by Crippen LogP contribution is -2.52. The van der Waals surface area contributed by atoms with Crippen molar-refractivity contribution >= 4 is 6.03 Å². The third kappa shape index (κ3) is 5.13. The summed E-state index contributed by atoms with van der Waals surface area (Å²) in [4.78, 5) is 14.7. The van der Waals surface area contributed by atoms with E-state index in [1.54, 1.807) is 0 Å². The van der Waals surface area contributed by atoms with Gasteiger partial charge in [0.1, 0.15) is 0 Å². The van der Waals surface area contributed by atoms with Crippen molar-refractivity contribution in [2.75, 3.05) is 19.7 Å². The highest BCUT2D eigenvalue weighted by molar-refractivity contribution is 5.74. The van der Waals surface area contributed by atoms with Crippen LogP contribution < -0.4 is 10.6 Å². The number of carbonyl (C=O) groups excluding carboxylic acids is 1. The number of urea groups is 1. The zero-order valence-corrected chi connectivity index (χ0v) is 14.2. The average molecular weight is 311 g/mol. The molecule has 5 nitrogen and oxygen atoms in total. The number of piperidine rings is 1. The van der Waals surface area contributed by atoms with E-state index in [0.717, 1.165) is 25.4 Å². The Kier molecular flexibility index (Phi) is 6.96. The fraction of sp³-hybridized carbons (Fsp3) is 0.941. The highest BCUT2D eigenvalue weighted by Gasteiger charge is 2.31. The molecule has 0 aromatic heterocycles. The molecule has 3 N–H and O–H groups in total. The Bertz CT molecular complexity index is 347. The summed E-state index contributed by atoms with van der Waals surface area (Å²) in [5, 5.41) is 14.9. The number of rotatable bonds is 7. The molecule has 1 saturated heterocycles. The summed E-state index contributed by atoms with van der Waals surface area (Å²) in [6.45, 7) is 6.67. The van der Waals surface area contributed by atoms with Crippen molar-refractivity contribution in [1.29, 1.82) is 0 Å². The second-order valence-electron chi connectivity index (χ2n) is 7.16. The number of aliphatic hydroxyl groups excluding tert-OH is 1. The van der Waals surface area contributed by atoms with E-state index in [2.05, 4.69) is 22.5 Å². The quantitative estimate of drug-likeness (QED) is 0.674. The van der Waals surface area contributed by atoms with Gasteiger partial charge < -0.3 is 20.6 Å². The molecule has 2 aliphatic rings. The van der Waals surface area contributed by atoms with Gasteiger partial charge in [-0.05, 0) is 64.8 Å². The first-order chi connectivity index (χ1) is 10.6. The predicted molar refractivity (Wildman–Crippen MR) is 88.8 cm³/mol. The molecule has 128 valence electrons. The van der Waals surface area contributed by atoms with Crippen molar-refractivity contribution in [2.24, 2.45) is 5.92 Å². The lowest BCUT2D eigenvalue weighted by molar-refractivity contribution is 0.0678. The summed E-state index contributed by atoms with van der Waals surface area (Å²) in [6.07, 6.45) is 8.11. The SMILES string of the molecule is CC(CCCO)NC(=O)NC(C)C1CCCN(C2CCC2)C1. The second kappa shape index (κ2) is 8.73. The van der Waals surface area contributed by atoms with Gasteiger partial charge in [0.25, 0.3) is 0 Å². The van der Waals surface area contributed by atoms with Crippen LogP contribution in [0.15, 0.2) is 0 Å². The summed E-state index contributed by atoms with van der Waals surface area (Å²) in [7, 11) is 0. The Morgan fingerprint density at radius 2 is 2.00 bits per heavy atom. The molecule has 1 aliphatic carbocycles. The van der Waals surface area contributed by atoms with E-state index in [9.17, 15) is 4.79 Å². The highest BCUT2D eigenvalue weighted by atomic mass is 16.3. The van der Waals surface area contributed by atoms with Crippen LogP contribution in [-0.4, -0.2) is 53.9 Å². The highest BCUT2D eigenvalue weighted by Crippen LogP contribution is 2.30. The normalized spacial score (nSPS) is 26.0. The van der Waals surface area contributed by atoms with Gasteiger partial charge >= 0.3 is 6.03 Å². The van der Waals surface area contributed by atoms with Gasteiger partial charge in [-0.15, -0.1) is 0 Å². The predicted octanol–water partition coefficient (Wildman–Crippen LogP) is 2.10. The van der Waals surface area contributed by atoms with E-state index in [4.69, 9.17) is 5.11 Å². The molecule has 5 heteroatoms. The monoisotopic (exact) mass is 311 g/mol. The molecule has 2 amide bonds. The van der Waals surface area contributed by atoms with E-state index < -0.39 is 0 Å². The van der Waals surface area contributed by atoms with Gasteiger partial charge in [-0.3, -0.25) is 0 Å². The van der Waals surface area contributed by atoms with Crippen LogP contribution in [0, 0.1) is 5.92 Å². The molecule has 22 heavy (non-hydrogen) atoms. The van der Waals surface area contributed by atoms with Crippen molar-refractivity contribution in [1.82, 2.24) is 15.5 Å². The minimum Gasteiger partial charge on any atom is -0.396 e. The maximum Gasteiger partial charge on any atom is 0.315 e. The van der Waals surface area contributed by atoms with E-state index in [1.807, 2.05) is 6.92 Å². The molecule has 0 aromatic rings. The Balaban J connectivity index is 1.71. The van der Waals surface area contributed by atoms with E-state index in [1.165, 1.54) is 38.6 Å². The molecule has 3 atom stereocenters. The number of hydrogen-bond donors (Lipinski definition) is 3. The molecular weight excluding hydrogens is 278 g/mol. The molecule has 1 aliphatic heterocycles. The first-order valence-electron chi connectivity index (χ1n) is 9.02. The van der Waals surface area contributed by atoms with Crippen molar-refractivity contribution in [3.63, 3.8) is 0 Å². The largest absolute Gasteiger partial charge is 0.396 e. The Morgan fingerprint density at radius 1 is 1.23 bits per heavy atom. The van der Waals surface area contributed by atoms with E-state index in [-0.39, 0.29) is 24.7 Å². The van der Waals surface area contributed by atoms with Gasteiger partial charge in [0.05, 0.1) is 0 Å². The topological polar surface area (TPSA) is 64.6 Å². The number of hydrogen-bond acceptors (Lipinski definition) is 3. The summed E-state index contributed by atoms with van der Waals surface area (Å²) in [5.41, 5.74) is 0. The minimum absolute atomic E-state index is 0.0706. The smallest absolute Gasteiger partial charge is 0.315 e. The van der Waals surface area contributed by atoms with Gasteiger partial charge in [0.15, 0.2) is 0 Å². The number of amides is 2. The van der Waals surface area contributed by atoms with Crippen LogP contribution in [0.1, 0.15) is 58.8 Å². The zero-order valence-electron chi connectivity index (χ0n) is 14.2. The van der Waals surface area contributed by atoms with Crippen molar-refractivity contribution in [3.8, 4) is 0 Å². The zero-order chi connectivity index (χ0) is 15.9. The summed E-state index contributed by atoms with van der Waals surface area (Å²) < 4.78 is 0. The average Bonchev–Trinajstić information content (AvgIpc) is 2.43. The van der Waals surface area contributed by atoms with Crippen LogP contribution in [0.4, 0.5) is 4.79 Å². The number of aliphatic hydroxyl groups is 1.